The van der Waals surface area contributed by atoms with Gasteiger partial charge in [-0.05, 0) is 80.8 Å². The fourth-order valence-electron chi connectivity index (χ4n) is 4.36. The van der Waals surface area contributed by atoms with Gasteiger partial charge in [-0.2, -0.15) is 0 Å². The molecule has 4 rings (SSSR count). The molecule has 0 aliphatic heterocycles. The quantitative estimate of drug-likeness (QED) is 0.258. The van der Waals surface area contributed by atoms with E-state index in [2.05, 4.69) is 27.5 Å². The zero-order valence-corrected chi connectivity index (χ0v) is 22.6. The van der Waals surface area contributed by atoms with Crippen LogP contribution in [-0.2, 0) is 6.42 Å². The predicted molar refractivity (Wildman–Crippen MR) is 153 cm³/mol. The van der Waals surface area contributed by atoms with Crippen LogP contribution >= 0.6 is 0 Å². The number of fused-ring (bicyclic) bond motifs is 1. The lowest BCUT2D eigenvalue weighted by atomic mass is 10.0. The molecule has 200 valence electrons. The number of aryl methyl sites for hydroxylation is 1. The SMILES string of the molecule is CNC(=O)c1ccc(C#Cc2ccc(OC(C)C)c(C(=O)N[C@@H](CO)Cc3c[nH]c4ccccc34)c2)c(C)c1. The standard InChI is InChI=1S/C32H33N3O4/c1-20(2)39-30-14-10-22(9-11-23-12-13-24(15-21(23)3)31(37)33-4)16-28(30)32(38)35-26(19-36)17-25-18-34-29-8-6-5-7-27(25)29/h5-8,10,12-16,18,20,26,34,36H,17,19H2,1-4H3,(H,33,37)(H,35,38)/t26-/m1/s1. The number of aliphatic hydroxyl groups is 1. The number of amides is 2. The number of benzene rings is 3. The van der Waals surface area contributed by atoms with Crippen LogP contribution in [0.5, 0.6) is 5.75 Å². The van der Waals surface area contributed by atoms with Gasteiger partial charge in [0, 0.05) is 40.8 Å². The normalized spacial score (nSPS) is 11.5. The lowest BCUT2D eigenvalue weighted by Crippen LogP contribution is -2.39. The van der Waals surface area contributed by atoms with Crippen LogP contribution in [0.3, 0.4) is 0 Å². The van der Waals surface area contributed by atoms with Crippen molar-refractivity contribution in [2.45, 2.75) is 39.3 Å². The van der Waals surface area contributed by atoms with E-state index in [1.807, 2.05) is 63.4 Å². The highest BCUT2D eigenvalue weighted by molar-refractivity contribution is 5.97. The molecule has 39 heavy (non-hydrogen) atoms. The van der Waals surface area contributed by atoms with Gasteiger partial charge >= 0.3 is 0 Å². The number of hydrogen-bond donors (Lipinski definition) is 4. The van der Waals surface area contributed by atoms with Gasteiger partial charge in [0.1, 0.15) is 5.75 Å². The van der Waals surface area contributed by atoms with E-state index in [9.17, 15) is 14.7 Å². The predicted octanol–water partition coefficient (Wildman–Crippen LogP) is 4.36. The Morgan fingerprint density at radius 3 is 2.54 bits per heavy atom. The highest BCUT2D eigenvalue weighted by atomic mass is 16.5. The van der Waals surface area contributed by atoms with E-state index in [1.165, 1.54) is 0 Å². The second kappa shape index (κ2) is 12.3. The minimum atomic E-state index is -0.486. The van der Waals surface area contributed by atoms with Gasteiger partial charge in [0.25, 0.3) is 11.8 Å². The summed E-state index contributed by atoms with van der Waals surface area (Å²) in [4.78, 5) is 28.6. The molecule has 0 aliphatic carbocycles. The molecular formula is C32H33N3O4. The van der Waals surface area contributed by atoms with Crippen LogP contribution in [0.4, 0.5) is 0 Å². The van der Waals surface area contributed by atoms with Gasteiger partial charge in [0.05, 0.1) is 24.3 Å². The molecule has 1 aromatic heterocycles. The molecule has 0 spiro atoms. The maximum Gasteiger partial charge on any atom is 0.255 e. The molecule has 0 bridgehead atoms. The first-order chi connectivity index (χ1) is 18.8. The molecule has 1 heterocycles. The van der Waals surface area contributed by atoms with Gasteiger partial charge < -0.3 is 25.5 Å². The monoisotopic (exact) mass is 523 g/mol. The fourth-order valence-corrected chi connectivity index (χ4v) is 4.36. The van der Waals surface area contributed by atoms with E-state index in [4.69, 9.17) is 4.74 Å². The second-order valence-corrected chi connectivity index (χ2v) is 9.65. The molecule has 0 saturated carbocycles. The Balaban J connectivity index is 1.58. The van der Waals surface area contributed by atoms with Crippen LogP contribution in [0.15, 0.2) is 66.9 Å². The zero-order chi connectivity index (χ0) is 27.9. The number of ether oxygens (including phenoxy) is 1. The topological polar surface area (TPSA) is 103 Å². The number of nitrogens with one attached hydrogen (secondary N) is 3. The number of hydrogen-bond acceptors (Lipinski definition) is 4. The average molecular weight is 524 g/mol. The highest BCUT2D eigenvalue weighted by Crippen LogP contribution is 2.23. The van der Waals surface area contributed by atoms with Crippen molar-refractivity contribution in [1.29, 1.82) is 0 Å². The third-order valence-electron chi connectivity index (χ3n) is 6.34. The molecule has 4 aromatic rings. The first kappa shape index (κ1) is 27.5. The van der Waals surface area contributed by atoms with Crippen molar-refractivity contribution in [1.82, 2.24) is 15.6 Å². The van der Waals surface area contributed by atoms with Crippen LogP contribution in [0.2, 0.25) is 0 Å². The molecule has 2 amide bonds. The largest absolute Gasteiger partial charge is 0.490 e. The Hall–Kier alpha value is -4.54. The molecule has 0 radical (unpaired) electrons. The van der Waals surface area contributed by atoms with Crippen LogP contribution in [0, 0.1) is 18.8 Å². The summed E-state index contributed by atoms with van der Waals surface area (Å²) in [6.45, 7) is 5.48. The van der Waals surface area contributed by atoms with Crippen LogP contribution in [0.25, 0.3) is 10.9 Å². The van der Waals surface area contributed by atoms with E-state index in [-0.39, 0.29) is 24.5 Å². The molecule has 3 aromatic carbocycles. The lowest BCUT2D eigenvalue weighted by molar-refractivity contribution is 0.0909. The van der Waals surface area contributed by atoms with Gasteiger partial charge in [-0.1, -0.05) is 30.0 Å². The number of aliphatic hydroxyl groups excluding tert-OH is 1. The van der Waals surface area contributed by atoms with Crippen LogP contribution < -0.4 is 15.4 Å². The molecule has 0 unspecified atom stereocenters. The Bertz CT molecular complexity index is 1560. The third-order valence-corrected chi connectivity index (χ3v) is 6.34. The van der Waals surface area contributed by atoms with Gasteiger partial charge in [0.2, 0.25) is 0 Å². The summed E-state index contributed by atoms with van der Waals surface area (Å²) in [7, 11) is 1.59. The summed E-state index contributed by atoms with van der Waals surface area (Å²) in [6, 6.07) is 18.0. The minimum absolute atomic E-state index is 0.130. The Morgan fingerprint density at radius 2 is 1.82 bits per heavy atom. The number of para-hydroxylation sites is 1. The summed E-state index contributed by atoms with van der Waals surface area (Å²) >= 11 is 0. The zero-order valence-electron chi connectivity index (χ0n) is 22.6. The minimum Gasteiger partial charge on any atom is -0.490 e. The molecule has 0 fully saturated rings. The van der Waals surface area contributed by atoms with Crippen molar-refractivity contribution in [3.63, 3.8) is 0 Å². The summed E-state index contributed by atoms with van der Waals surface area (Å²) in [5, 5.41) is 16.7. The first-order valence-electron chi connectivity index (χ1n) is 12.9. The number of aromatic nitrogens is 1. The molecule has 7 heteroatoms. The summed E-state index contributed by atoms with van der Waals surface area (Å²) < 4.78 is 5.91. The van der Waals surface area contributed by atoms with Crippen molar-refractivity contribution < 1.29 is 19.4 Å². The molecule has 4 N–H and O–H groups in total. The third kappa shape index (κ3) is 6.67. The number of carbonyl (C=O) groups is 2. The maximum absolute atomic E-state index is 13.4. The molecule has 1 atom stereocenters. The van der Waals surface area contributed by atoms with Gasteiger partial charge in [-0.15, -0.1) is 0 Å². The van der Waals surface area contributed by atoms with Crippen LogP contribution in [-0.4, -0.2) is 47.7 Å². The van der Waals surface area contributed by atoms with E-state index in [0.717, 1.165) is 27.6 Å². The smallest absolute Gasteiger partial charge is 0.255 e. The summed E-state index contributed by atoms with van der Waals surface area (Å²) in [5.74, 6) is 6.21. The van der Waals surface area contributed by atoms with E-state index in [1.54, 1.807) is 31.3 Å². The Morgan fingerprint density at radius 1 is 1.03 bits per heavy atom. The highest BCUT2D eigenvalue weighted by Gasteiger charge is 2.19. The Labute approximate surface area is 228 Å². The van der Waals surface area contributed by atoms with Crippen molar-refractivity contribution >= 4 is 22.7 Å². The van der Waals surface area contributed by atoms with Gasteiger partial charge in [-0.25, -0.2) is 0 Å². The maximum atomic E-state index is 13.4. The van der Waals surface area contributed by atoms with Crippen molar-refractivity contribution in [2.75, 3.05) is 13.7 Å². The Kier molecular flexibility index (Phi) is 8.70. The molecule has 0 aliphatic rings. The van der Waals surface area contributed by atoms with E-state index >= 15 is 0 Å². The second-order valence-electron chi connectivity index (χ2n) is 9.65. The first-order valence-corrected chi connectivity index (χ1v) is 12.9. The van der Waals surface area contributed by atoms with Crippen molar-refractivity contribution in [2.24, 2.45) is 0 Å². The van der Waals surface area contributed by atoms with Crippen molar-refractivity contribution in [3.8, 4) is 17.6 Å². The number of H-pyrrole nitrogens is 1. The number of carbonyl (C=O) groups excluding carboxylic acids is 2. The number of aromatic amines is 1. The summed E-state index contributed by atoms with van der Waals surface area (Å²) in [6.07, 6.45) is 2.25. The summed E-state index contributed by atoms with van der Waals surface area (Å²) in [5.41, 5.74) is 5.25. The molecule has 0 saturated heterocycles. The average Bonchev–Trinajstić information content (AvgIpc) is 3.34. The van der Waals surface area contributed by atoms with E-state index in [0.29, 0.717) is 28.9 Å². The van der Waals surface area contributed by atoms with Crippen molar-refractivity contribution in [3.05, 3.63) is 100 Å². The fraction of sp³-hybridized carbons (Fsp3) is 0.250. The molecular weight excluding hydrogens is 490 g/mol. The van der Waals surface area contributed by atoms with Gasteiger partial charge in [-0.3, -0.25) is 9.59 Å². The lowest BCUT2D eigenvalue weighted by Gasteiger charge is -2.19. The molecule has 7 nitrogen and oxygen atoms in total. The van der Waals surface area contributed by atoms with E-state index < -0.39 is 6.04 Å². The van der Waals surface area contributed by atoms with Gasteiger partial charge in [0.15, 0.2) is 0 Å². The number of rotatable bonds is 8. The van der Waals surface area contributed by atoms with Crippen LogP contribution in [0.1, 0.15) is 56.8 Å².